The molecule has 0 bridgehead atoms. The molecule has 3 aromatic rings. The van der Waals surface area contributed by atoms with Crippen LogP contribution in [-0.2, 0) is 21.3 Å². The van der Waals surface area contributed by atoms with Gasteiger partial charge in [0, 0.05) is 30.6 Å². The van der Waals surface area contributed by atoms with E-state index in [-0.39, 0.29) is 0 Å². The van der Waals surface area contributed by atoms with Crippen molar-refractivity contribution in [3.63, 3.8) is 0 Å². The van der Waals surface area contributed by atoms with Crippen LogP contribution in [0.5, 0.6) is 0 Å². The number of thiazole rings is 1. The summed E-state index contributed by atoms with van der Waals surface area (Å²) in [5, 5.41) is 2.07. The van der Waals surface area contributed by atoms with Crippen molar-refractivity contribution < 1.29 is 13.2 Å². The molecule has 0 atom stereocenters. The highest BCUT2D eigenvalue weighted by Crippen LogP contribution is 2.26. The number of benzene rings is 2. The van der Waals surface area contributed by atoms with Gasteiger partial charge in [-0.2, -0.15) is 4.31 Å². The predicted molar refractivity (Wildman–Crippen MR) is 124 cm³/mol. The molecule has 1 aliphatic rings. The molecule has 6 nitrogen and oxygen atoms in total. The molecule has 0 N–H and O–H groups in total. The minimum absolute atomic E-state index is 0.321. The van der Waals surface area contributed by atoms with Crippen LogP contribution in [0.3, 0.4) is 0 Å². The topological polar surface area (TPSA) is 63.9 Å². The second kappa shape index (κ2) is 9.91. The maximum atomic E-state index is 13.1. The molecular formula is C23H27N3O3S2. The van der Waals surface area contributed by atoms with Crippen molar-refractivity contribution in [2.24, 2.45) is 4.99 Å². The number of ether oxygens (including phenoxy) is 1. The molecule has 0 radical (unpaired) electrons. The second-order valence-electron chi connectivity index (χ2n) is 7.40. The summed E-state index contributed by atoms with van der Waals surface area (Å²) in [7, 11) is -3.54. The summed E-state index contributed by atoms with van der Waals surface area (Å²) in [6.07, 6.45) is 2.09. The van der Waals surface area contributed by atoms with Crippen LogP contribution in [0.25, 0.3) is 11.3 Å². The van der Waals surface area contributed by atoms with Crippen molar-refractivity contribution in [2.45, 2.75) is 31.2 Å². The number of nitrogens with zero attached hydrogens (tertiary/aromatic N) is 3. The van der Waals surface area contributed by atoms with Crippen molar-refractivity contribution in [3.05, 3.63) is 64.8 Å². The first-order chi connectivity index (χ1) is 15.1. The average molecular weight is 458 g/mol. The molecule has 1 aromatic heterocycles. The van der Waals surface area contributed by atoms with Gasteiger partial charge in [-0.1, -0.05) is 43.7 Å². The van der Waals surface area contributed by atoms with Gasteiger partial charge in [0.2, 0.25) is 10.0 Å². The Kier molecular flexibility index (Phi) is 7.02. The van der Waals surface area contributed by atoms with E-state index in [0.717, 1.165) is 41.1 Å². The van der Waals surface area contributed by atoms with E-state index in [1.807, 2.05) is 42.5 Å². The van der Waals surface area contributed by atoms with Crippen LogP contribution >= 0.6 is 11.3 Å². The third kappa shape index (κ3) is 4.98. The van der Waals surface area contributed by atoms with Gasteiger partial charge in [-0.05, 0) is 30.7 Å². The molecule has 0 amide bonds. The lowest BCUT2D eigenvalue weighted by Gasteiger charge is -2.26. The first-order valence-electron chi connectivity index (χ1n) is 10.6. The van der Waals surface area contributed by atoms with Gasteiger partial charge in [-0.15, -0.1) is 11.3 Å². The average Bonchev–Trinajstić information content (AvgIpc) is 3.21. The number of hydrogen-bond donors (Lipinski definition) is 0. The molecule has 2 heterocycles. The molecule has 0 unspecified atom stereocenters. The van der Waals surface area contributed by atoms with Crippen molar-refractivity contribution >= 4 is 27.0 Å². The van der Waals surface area contributed by atoms with E-state index in [1.54, 1.807) is 23.5 Å². The quantitative estimate of drug-likeness (QED) is 0.532. The van der Waals surface area contributed by atoms with Gasteiger partial charge in [-0.3, -0.25) is 0 Å². The van der Waals surface area contributed by atoms with Crippen LogP contribution in [0.1, 0.15) is 19.8 Å². The minimum atomic E-state index is -3.54. The van der Waals surface area contributed by atoms with Crippen LogP contribution < -0.4 is 4.80 Å². The first kappa shape index (κ1) is 22.0. The molecule has 0 spiro atoms. The van der Waals surface area contributed by atoms with Crippen LogP contribution in [0.15, 0.2) is 69.9 Å². The number of para-hydroxylation sites is 1. The Balaban J connectivity index is 1.74. The second-order valence-corrected chi connectivity index (χ2v) is 10.2. The molecule has 164 valence electrons. The molecule has 1 aliphatic heterocycles. The number of aromatic nitrogens is 1. The molecule has 0 saturated carbocycles. The Morgan fingerprint density at radius 1 is 1.06 bits per heavy atom. The van der Waals surface area contributed by atoms with E-state index in [1.165, 1.54) is 4.31 Å². The van der Waals surface area contributed by atoms with Crippen LogP contribution in [0.2, 0.25) is 0 Å². The highest BCUT2D eigenvalue weighted by Gasteiger charge is 2.26. The van der Waals surface area contributed by atoms with E-state index in [2.05, 4.69) is 16.9 Å². The van der Waals surface area contributed by atoms with Crippen LogP contribution in [-0.4, -0.2) is 43.6 Å². The standard InChI is InChI=1S/C23H27N3O3S2/c1-2-3-12-26-22(18-30-23(26)24-20-9-5-4-6-10-20)19-8-7-11-21(17-19)31(27,28)25-13-15-29-16-14-25/h4-11,17-18H,2-3,12-16H2,1H3. The zero-order valence-corrected chi connectivity index (χ0v) is 19.2. The number of sulfonamides is 1. The van der Waals surface area contributed by atoms with Crippen molar-refractivity contribution in [2.75, 3.05) is 26.3 Å². The highest BCUT2D eigenvalue weighted by molar-refractivity contribution is 7.89. The summed E-state index contributed by atoms with van der Waals surface area (Å²) >= 11 is 1.58. The van der Waals surface area contributed by atoms with Gasteiger partial charge in [0.15, 0.2) is 4.80 Å². The summed E-state index contributed by atoms with van der Waals surface area (Å²) in [6, 6.07) is 17.1. The molecule has 0 aliphatic carbocycles. The fourth-order valence-electron chi connectivity index (χ4n) is 3.55. The highest BCUT2D eigenvalue weighted by atomic mass is 32.2. The van der Waals surface area contributed by atoms with E-state index < -0.39 is 10.0 Å². The summed E-state index contributed by atoms with van der Waals surface area (Å²) in [5.41, 5.74) is 2.79. The fraction of sp³-hybridized carbons (Fsp3) is 0.348. The lowest BCUT2D eigenvalue weighted by molar-refractivity contribution is 0.0730. The third-order valence-electron chi connectivity index (χ3n) is 5.25. The number of rotatable bonds is 7. The van der Waals surface area contributed by atoms with E-state index >= 15 is 0 Å². The Morgan fingerprint density at radius 3 is 2.58 bits per heavy atom. The van der Waals surface area contributed by atoms with E-state index in [4.69, 9.17) is 9.73 Å². The zero-order chi connectivity index (χ0) is 21.7. The van der Waals surface area contributed by atoms with Gasteiger partial charge in [-0.25, -0.2) is 13.4 Å². The first-order valence-corrected chi connectivity index (χ1v) is 12.9. The monoisotopic (exact) mass is 457 g/mol. The Hall–Kier alpha value is -2.26. The smallest absolute Gasteiger partial charge is 0.243 e. The third-order valence-corrected chi connectivity index (χ3v) is 8.01. The van der Waals surface area contributed by atoms with Crippen LogP contribution in [0, 0.1) is 0 Å². The Labute approximate surface area is 187 Å². The minimum Gasteiger partial charge on any atom is -0.379 e. The SMILES string of the molecule is CCCCn1c(-c2cccc(S(=O)(=O)N3CCOCC3)c2)csc1=Nc1ccccc1. The molecule has 1 saturated heterocycles. The van der Waals surface area contributed by atoms with Gasteiger partial charge >= 0.3 is 0 Å². The summed E-state index contributed by atoms with van der Waals surface area (Å²) in [6.45, 7) is 4.65. The number of hydrogen-bond acceptors (Lipinski definition) is 5. The maximum absolute atomic E-state index is 13.1. The zero-order valence-electron chi connectivity index (χ0n) is 17.6. The van der Waals surface area contributed by atoms with Gasteiger partial charge in [0.05, 0.1) is 29.5 Å². The van der Waals surface area contributed by atoms with Crippen molar-refractivity contribution in [1.29, 1.82) is 0 Å². The van der Waals surface area contributed by atoms with Crippen LogP contribution in [0.4, 0.5) is 5.69 Å². The van der Waals surface area contributed by atoms with E-state index in [9.17, 15) is 8.42 Å². The molecule has 4 rings (SSSR count). The predicted octanol–water partition coefficient (Wildman–Crippen LogP) is 4.27. The molecule has 2 aromatic carbocycles. The number of morpholine rings is 1. The van der Waals surface area contributed by atoms with Crippen molar-refractivity contribution in [3.8, 4) is 11.3 Å². The molecule has 8 heteroatoms. The largest absolute Gasteiger partial charge is 0.379 e. The summed E-state index contributed by atoms with van der Waals surface area (Å²) < 4.78 is 35.3. The lowest BCUT2D eigenvalue weighted by atomic mass is 10.1. The fourth-order valence-corrected chi connectivity index (χ4v) is 5.96. The molecule has 31 heavy (non-hydrogen) atoms. The van der Waals surface area contributed by atoms with Gasteiger partial charge in [0.25, 0.3) is 0 Å². The van der Waals surface area contributed by atoms with E-state index in [0.29, 0.717) is 31.2 Å². The summed E-state index contributed by atoms with van der Waals surface area (Å²) in [5.74, 6) is 0. The maximum Gasteiger partial charge on any atom is 0.243 e. The normalized spacial score (nSPS) is 16.0. The molecular weight excluding hydrogens is 430 g/mol. The van der Waals surface area contributed by atoms with Gasteiger partial charge in [0.1, 0.15) is 0 Å². The van der Waals surface area contributed by atoms with Gasteiger partial charge < -0.3 is 9.30 Å². The molecule has 1 fully saturated rings. The Morgan fingerprint density at radius 2 is 1.84 bits per heavy atom. The summed E-state index contributed by atoms with van der Waals surface area (Å²) in [4.78, 5) is 6.06. The lowest BCUT2D eigenvalue weighted by Crippen LogP contribution is -2.40. The Bertz CT molecular complexity index is 1180. The number of unbranched alkanes of at least 4 members (excludes halogenated alkanes) is 1. The van der Waals surface area contributed by atoms with Crippen molar-refractivity contribution in [1.82, 2.24) is 8.87 Å².